The van der Waals surface area contributed by atoms with Crippen molar-refractivity contribution in [3.05, 3.63) is 33.3 Å². The van der Waals surface area contributed by atoms with Crippen LogP contribution in [0.3, 0.4) is 0 Å². The molecule has 0 saturated heterocycles. The van der Waals surface area contributed by atoms with Crippen LogP contribution in [-0.4, -0.2) is 5.11 Å². The molecule has 2 unspecified atom stereocenters. The molecule has 2 atom stereocenters. The Morgan fingerprint density at radius 1 is 1.50 bits per heavy atom. The first kappa shape index (κ1) is 10.2. The number of hydrogen-bond donors (Lipinski definition) is 1. The first-order valence-electron chi connectivity index (χ1n) is 5.12. The predicted molar refractivity (Wildman–Crippen MR) is 61.3 cm³/mol. The number of rotatable bonds is 1. The molecular weight excluding hydrogens is 240 g/mol. The highest BCUT2D eigenvalue weighted by Gasteiger charge is 2.29. The van der Waals surface area contributed by atoms with Crippen molar-refractivity contribution >= 4 is 15.9 Å². The summed E-state index contributed by atoms with van der Waals surface area (Å²) in [6.07, 6.45) is 1.74. The molecule has 0 fully saturated rings. The summed E-state index contributed by atoms with van der Waals surface area (Å²) in [4.78, 5) is 0. The van der Waals surface area contributed by atoms with Gasteiger partial charge < -0.3 is 5.11 Å². The molecule has 76 valence electrons. The van der Waals surface area contributed by atoms with Gasteiger partial charge in [-0.05, 0) is 41.5 Å². The average molecular weight is 255 g/mol. The van der Waals surface area contributed by atoms with Crippen molar-refractivity contribution < 1.29 is 5.11 Å². The van der Waals surface area contributed by atoms with Crippen LogP contribution in [0.1, 0.15) is 36.6 Å². The Labute approximate surface area is 93.3 Å². The molecule has 2 rings (SSSR count). The molecule has 0 aromatic heterocycles. The molecule has 1 aromatic carbocycles. The summed E-state index contributed by atoms with van der Waals surface area (Å²) in [5, 5.41) is 9.97. The lowest BCUT2D eigenvalue weighted by Crippen LogP contribution is -2.01. The number of aliphatic hydroxyl groups is 1. The molecule has 0 saturated carbocycles. The smallest absolute Gasteiger partial charge is 0.0821 e. The zero-order chi connectivity index (χ0) is 10.3. The fourth-order valence-corrected chi connectivity index (χ4v) is 2.82. The van der Waals surface area contributed by atoms with Gasteiger partial charge in [0.05, 0.1) is 6.10 Å². The maximum absolute atomic E-state index is 9.97. The van der Waals surface area contributed by atoms with E-state index in [0.29, 0.717) is 5.92 Å². The maximum Gasteiger partial charge on any atom is 0.0821 e. The number of aryl methyl sites for hydroxylation is 1. The summed E-state index contributed by atoms with van der Waals surface area (Å²) in [6.45, 7) is 4.24. The van der Waals surface area contributed by atoms with Crippen molar-refractivity contribution in [3.8, 4) is 0 Å². The first-order chi connectivity index (χ1) is 6.63. The van der Waals surface area contributed by atoms with Crippen LogP contribution in [0.5, 0.6) is 0 Å². The molecule has 1 aliphatic rings. The molecule has 0 heterocycles. The highest BCUT2D eigenvalue weighted by Crippen LogP contribution is 2.40. The molecule has 14 heavy (non-hydrogen) atoms. The molecule has 1 N–H and O–H groups in total. The van der Waals surface area contributed by atoms with Crippen LogP contribution in [0.25, 0.3) is 0 Å². The fraction of sp³-hybridized carbons (Fsp3) is 0.500. The van der Waals surface area contributed by atoms with Gasteiger partial charge in [-0.25, -0.2) is 0 Å². The van der Waals surface area contributed by atoms with Crippen molar-refractivity contribution in [2.75, 3.05) is 0 Å². The van der Waals surface area contributed by atoms with Crippen molar-refractivity contribution in [1.82, 2.24) is 0 Å². The van der Waals surface area contributed by atoms with Crippen molar-refractivity contribution in [2.24, 2.45) is 5.92 Å². The summed E-state index contributed by atoms with van der Waals surface area (Å²) >= 11 is 3.58. The zero-order valence-electron chi connectivity index (χ0n) is 8.55. The second-order valence-corrected chi connectivity index (χ2v) is 4.98. The van der Waals surface area contributed by atoms with E-state index in [1.807, 2.05) is 0 Å². The van der Waals surface area contributed by atoms with Gasteiger partial charge in [0.25, 0.3) is 0 Å². The lowest BCUT2D eigenvalue weighted by atomic mass is 10.0. The van der Waals surface area contributed by atoms with E-state index in [2.05, 4.69) is 41.9 Å². The largest absolute Gasteiger partial charge is 0.388 e. The molecular formula is C12H15BrO. The Hall–Kier alpha value is -0.340. The molecule has 0 aliphatic heterocycles. The van der Waals surface area contributed by atoms with Crippen LogP contribution >= 0.6 is 15.9 Å². The minimum atomic E-state index is -0.271. The van der Waals surface area contributed by atoms with Crippen LogP contribution in [0.4, 0.5) is 0 Å². The highest BCUT2D eigenvalue weighted by molar-refractivity contribution is 9.10. The van der Waals surface area contributed by atoms with E-state index in [1.165, 1.54) is 11.1 Å². The predicted octanol–water partition coefficient (Wildman–Crippen LogP) is 3.24. The van der Waals surface area contributed by atoms with Crippen LogP contribution in [0, 0.1) is 5.92 Å². The third kappa shape index (κ3) is 1.51. The van der Waals surface area contributed by atoms with E-state index in [4.69, 9.17) is 0 Å². The third-order valence-corrected chi connectivity index (χ3v) is 3.79. The Morgan fingerprint density at radius 3 is 2.86 bits per heavy atom. The Morgan fingerprint density at radius 2 is 2.21 bits per heavy atom. The minimum Gasteiger partial charge on any atom is -0.388 e. The number of fused-ring (bicyclic) bond motifs is 1. The lowest BCUT2D eigenvalue weighted by molar-refractivity contribution is 0.133. The standard InChI is InChI=1S/C12H15BrO/c1-3-8-5-10-9(11(13)6-8)4-7(2)12(10)14/h5-7,12,14H,3-4H2,1-2H3. The average Bonchev–Trinajstić information content (AvgIpc) is 2.45. The molecule has 0 spiro atoms. The SMILES string of the molecule is CCc1cc(Br)c2c(c1)C(O)C(C)C2. The van der Waals surface area contributed by atoms with Gasteiger partial charge in [-0.3, -0.25) is 0 Å². The quantitative estimate of drug-likeness (QED) is 0.816. The summed E-state index contributed by atoms with van der Waals surface area (Å²) in [5.74, 6) is 0.355. The van der Waals surface area contributed by atoms with Gasteiger partial charge in [0.15, 0.2) is 0 Å². The Bertz CT molecular complexity index is 360. The van der Waals surface area contributed by atoms with E-state index in [1.54, 1.807) is 0 Å². The van der Waals surface area contributed by atoms with Gasteiger partial charge in [-0.1, -0.05) is 35.8 Å². The van der Waals surface area contributed by atoms with Gasteiger partial charge in [-0.2, -0.15) is 0 Å². The van der Waals surface area contributed by atoms with E-state index in [0.717, 1.165) is 22.9 Å². The maximum atomic E-state index is 9.97. The number of halogens is 1. The number of benzene rings is 1. The van der Waals surface area contributed by atoms with Crippen LogP contribution in [-0.2, 0) is 12.8 Å². The van der Waals surface area contributed by atoms with Gasteiger partial charge in [0.1, 0.15) is 0 Å². The summed E-state index contributed by atoms with van der Waals surface area (Å²) < 4.78 is 1.16. The van der Waals surface area contributed by atoms with Crippen molar-refractivity contribution in [2.45, 2.75) is 32.8 Å². The number of hydrogen-bond acceptors (Lipinski definition) is 1. The Balaban J connectivity index is 2.52. The van der Waals surface area contributed by atoms with E-state index in [9.17, 15) is 5.11 Å². The lowest BCUT2D eigenvalue weighted by Gasteiger charge is -2.09. The van der Waals surface area contributed by atoms with Crippen molar-refractivity contribution in [1.29, 1.82) is 0 Å². The van der Waals surface area contributed by atoms with Crippen molar-refractivity contribution in [3.63, 3.8) is 0 Å². The molecule has 1 aromatic rings. The summed E-state index contributed by atoms with van der Waals surface area (Å²) in [5.41, 5.74) is 3.72. The second kappa shape index (κ2) is 3.67. The van der Waals surface area contributed by atoms with Gasteiger partial charge in [0.2, 0.25) is 0 Å². The van der Waals surface area contributed by atoms with E-state index < -0.39 is 0 Å². The molecule has 0 radical (unpaired) electrons. The van der Waals surface area contributed by atoms with Gasteiger partial charge >= 0.3 is 0 Å². The fourth-order valence-electron chi connectivity index (χ4n) is 2.14. The molecule has 1 aliphatic carbocycles. The summed E-state index contributed by atoms with van der Waals surface area (Å²) in [7, 11) is 0. The highest BCUT2D eigenvalue weighted by atomic mass is 79.9. The normalized spacial score (nSPS) is 25.1. The molecule has 2 heteroatoms. The topological polar surface area (TPSA) is 20.2 Å². The minimum absolute atomic E-state index is 0.271. The monoisotopic (exact) mass is 254 g/mol. The Kier molecular flexibility index (Phi) is 2.67. The van der Waals surface area contributed by atoms with Crippen LogP contribution in [0.2, 0.25) is 0 Å². The third-order valence-electron chi connectivity index (χ3n) is 3.08. The van der Waals surface area contributed by atoms with E-state index >= 15 is 0 Å². The van der Waals surface area contributed by atoms with E-state index in [-0.39, 0.29) is 6.10 Å². The van der Waals surface area contributed by atoms with Gasteiger partial charge in [-0.15, -0.1) is 0 Å². The molecule has 0 bridgehead atoms. The second-order valence-electron chi connectivity index (χ2n) is 4.13. The number of aliphatic hydroxyl groups excluding tert-OH is 1. The first-order valence-corrected chi connectivity index (χ1v) is 5.92. The van der Waals surface area contributed by atoms with Crippen LogP contribution in [0.15, 0.2) is 16.6 Å². The zero-order valence-corrected chi connectivity index (χ0v) is 10.1. The molecule has 0 amide bonds. The summed E-state index contributed by atoms with van der Waals surface area (Å²) in [6, 6.07) is 4.32. The van der Waals surface area contributed by atoms with Gasteiger partial charge in [0, 0.05) is 4.47 Å². The molecule has 1 nitrogen and oxygen atoms in total. The van der Waals surface area contributed by atoms with Crippen LogP contribution < -0.4 is 0 Å².